The Kier molecular flexibility index (Phi) is 6.04. The molecular weight excluding hydrogens is 382 g/mol. The van der Waals surface area contributed by atoms with Crippen molar-refractivity contribution in [2.75, 3.05) is 13.2 Å². The summed E-state index contributed by atoms with van der Waals surface area (Å²) in [5.74, 6) is 0.354. The minimum absolute atomic E-state index is 0.327. The molecule has 3 aromatic rings. The van der Waals surface area contributed by atoms with Gasteiger partial charge in [0.2, 0.25) is 0 Å². The van der Waals surface area contributed by atoms with Gasteiger partial charge in [0.25, 0.3) is 0 Å². The molecule has 4 rings (SSSR count). The topological polar surface area (TPSA) is 82.4 Å². The van der Waals surface area contributed by atoms with Crippen LogP contribution in [0.3, 0.4) is 0 Å². The molecule has 0 fully saturated rings. The van der Waals surface area contributed by atoms with Gasteiger partial charge in [-0.2, -0.15) is 5.10 Å². The third kappa shape index (κ3) is 4.33. The van der Waals surface area contributed by atoms with Crippen molar-refractivity contribution in [3.63, 3.8) is 0 Å². The summed E-state index contributed by atoms with van der Waals surface area (Å²) in [4.78, 5) is 22.8. The van der Waals surface area contributed by atoms with Gasteiger partial charge >= 0.3 is 12.0 Å². The van der Waals surface area contributed by atoms with Crippen molar-refractivity contribution in [3.05, 3.63) is 65.2 Å². The summed E-state index contributed by atoms with van der Waals surface area (Å²) in [6.07, 6.45) is 4.15. The van der Waals surface area contributed by atoms with E-state index in [0.29, 0.717) is 30.6 Å². The first kappa shape index (κ1) is 20.0. The number of fused-ring (bicyclic) bond motifs is 1. The Labute approximate surface area is 175 Å². The number of esters is 1. The zero-order valence-electron chi connectivity index (χ0n) is 17.2. The fourth-order valence-electron chi connectivity index (χ4n) is 3.67. The van der Waals surface area contributed by atoms with Crippen molar-refractivity contribution in [2.45, 2.75) is 39.9 Å². The monoisotopic (exact) mass is 407 g/mol. The molecule has 0 unspecified atom stereocenters. The van der Waals surface area contributed by atoms with Crippen LogP contribution in [0.25, 0.3) is 0 Å². The zero-order chi connectivity index (χ0) is 20.9. The molecule has 2 aromatic heterocycles. The molecular formula is C22H25N5O3. The third-order valence-electron chi connectivity index (χ3n) is 5.06. The van der Waals surface area contributed by atoms with Crippen LogP contribution in [0.4, 0.5) is 0 Å². The van der Waals surface area contributed by atoms with E-state index in [-0.39, 0.29) is 5.97 Å². The number of carbonyl (C=O) groups excluding carboxylic acids is 1. The molecule has 0 bridgehead atoms. The van der Waals surface area contributed by atoms with Crippen LogP contribution in [0.5, 0.6) is 11.8 Å². The zero-order valence-corrected chi connectivity index (χ0v) is 17.2. The van der Waals surface area contributed by atoms with Gasteiger partial charge in [0.1, 0.15) is 5.75 Å². The Morgan fingerprint density at radius 3 is 2.60 bits per heavy atom. The number of rotatable bonds is 7. The van der Waals surface area contributed by atoms with Crippen LogP contribution in [-0.2, 0) is 30.8 Å². The minimum Gasteiger partial charge on any atom is -0.461 e. The lowest BCUT2D eigenvalue weighted by Crippen LogP contribution is -2.31. The molecule has 1 aliphatic rings. The van der Waals surface area contributed by atoms with Crippen LogP contribution in [-0.4, -0.2) is 43.8 Å². The summed E-state index contributed by atoms with van der Waals surface area (Å²) in [6.45, 7) is 7.31. The number of nitrogens with zero attached hydrogens (tertiary/aromatic N) is 5. The van der Waals surface area contributed by atoms with Crippen molar-refractivity contribution >= 4 is 5.97 Å². The number of carbonyl (C=O) groups is 1. The highest BCUT2D eigenvalue weighted by molar-refractivity contribution is 5.89. The van der Waals surface area contributed by atoms with E-state index in [1.54, 1.807) is 18.5 Å². The first-order valence-corrected chi connectivity index (χ1v) is 10.2. The van der Waals surface area contributed by atoms with Gasteiger partial charge in [-0.1, -0.05) is 12.1 Å². The maximum atomic E-state index is 12.4. The highest BCUT2D eigenvalue weighted by Crippen LogP contribution is 2.25. The van der Waals surface area contributed by atoms with Crippen LogP contribution < -0.4 is 4.74 Å². The molecule has 0 spiro atoms. The minimum atomic E-state index is -0.340. The third-order valence-corrected chi connectivity index (χ3v) is 5.06. The summed E-state index contributed by atoms with van der Waals surface area (Å²) in [7, 11) is 0. The van der Waals surface area contributed by atoms with E-state index in [2.05, 4.69) is 20.0 Å². The Hall–Kier alpha value is -3.26. The van der Waals surface area contributed by atoms with Crippen LogP contribution in [0.15, 0.2) is 42.7 Å². The Morgan fingerprint density at radius 1 is 1.13 bits per heavy atom. The smallest absolute Gasteiger partial charge is 0.359 e. The summed E-state index contributed by atoms with van der Waals surface area (Å²) >= 11 is 0. The van der Waals surface area contributed by atoms with Gasteiger partial charge in [-0.05, 0) is 37.6 Å². The van der Waals surface area contributed by atoms with Gasteiger partial charge in [0, 0.05) is 56.3 Å². The van der Waals surface area contributed by atoms with Gasteiger partial charge in [-0.3, -0.25) is 9.58 Å². The molecule has 156 valence electrons. The van der Waals surface area contributed by atoms with Gasteiger partial charge in [0.05, 0.1) is 6.61 Å². The van der Waals surface area contributed by atoms with Crippen molar-refractivity contribution in [2.24, 2.45) is 0 Å². The molecule has 0 amide bonds. The number of aryl methyl sites for hydroxylation is 1. The Balaban J connectivity index is 1.45. The van der Waals surface area contributed by atoms with Crippen LogP contribution in [0.2, 0.25) is 0 Å². The highest BCUT2D eigenvalue weighted by atomic mass is 16.5. The number of hydrogen-bond acceptors (Lipinski definition) is 7. The molecule has 8 nitrogen and oxygen atoms in total. The molecule has 0 saturated carbocycles. The maximum absolute atomic E-state index is 12.4. The molecule has 0 radical (unpaired) electrons. The molecule has 0 N–H and O–H groups in total. The summed E-state index contributed by atoms with van der Waals surface area (Å²) < 4.78 is 12.8. The molecule has 0 atom stereocenters. The lowest BCUT2D eigenvalue weighted by molar-refractivity contribution is 0.0515. The van der Waals surface area contributed by atoms with Crippen LogP contribution in [0.1, 0.15) is 41.2 Å². The Morgan fingerprint density at radius 2 is 1.90 bits per heavy atom. The van der Waals surface area contributed by atoms with E-state index in [4.69, 9.17) is 9.47 Å². The quantitative estimate of drug-likeness (QED) is 0.556. The van der Waals surface area contributed by atoms with Crippen molar-refractivity contribution in [3.8, 4) is 11.8 Å². The summed E-state index contributed by atoms with van der Waals surface area (Å²) in [5, 5.41) is 4.51. The maximum Gasteiger partial charge on any atom is 0.359 e. The van der Waals surface area contributed by atoms with Crippen LogP contribution >= 0.6 is 0 Å². The fraction of sp³-hybridized carbons (Fsp3) is 0.364. The molecule has 8 heteroatoms. The van der Waals surface area contributed by atoms with Crippen molar-refractivity contribution in [1.29, 1.82) is 0 Å². The van der Waals surface area contributed by atoms with Gasteiger partial charge < -0.3 is 9.47 Å². The molecule has 1 aromatic carbocycles. The Bertz CT molecular complexity index is 1000. The standard InChI is InChI=1S/C22H25N5O3/c1-3-27-19-10-13-26(15-18(19)20(25-27)21(28)29-4-2)14-16-6-8-17(9-7-16)30-22-23-11-5-12-24-22/h5-9,11-12H,3-4,10,13-15H2,1-2H3. The predicted octanol–water partition coefficient (Wildman–Crippen LogP) is 3.22. The number of ether oxygens (including phenoxy) is 2. The second-order valence-electron chi connectivity index (χ2n) is 7.05. The average Bonchev–Trinajstić information content (AvgIpc) is 3.14. The second-order valence-corrected chi connectivity index (χ2v) is 7.05. The van der Waals surface area contributed by atoms with E-state index >= 15 is 0 Å². The summed E-state index contributed by atoms with van der Waals surface area (Å²) in [6, 6.07) is 9.98. The molecule has 30 heavy (non-hydrogen) atoms. The van der Waals surface area contributed by atoms with E-state index in [1.165, 1.54) is 5.56 Å². The largest absolute Gasteiger partial charge is 0.461 e. The van der Waals surface area contributed by atoms with E-state index in [1.807, 2.05) is 42.8 Å². The predicted molar refractivity (Wildman–Crippen MR) is 110 cm³/mol. The second kappa shape index (κ2) is 9.04. The normalized spacial score (nSPS) is 13.7. The number of hydrogen-bond donors (Lipinski definition) is 0. The average molecular weight is 407 g/mol. The van der Waals surface area contributed by atoms with E-state index in [9.17, 15) is 4.79 Å². The first-order chi connectivity index (χ1) is 14.7. The molecule has 0 saturated heterocycles. The lowest BCUT2D eigenvalue weighted by atomic mass is 10.0. The molecule has 0 aliphatic carbocycles. The number of aromatic nitrogens is 4. The first-order valence-electron chi connectivity index (χ1n) is 10.2. The van der Waals surface area contributed by atoms with Crippen molar-refractivity contribution < 1.29 is 14.3 Å². The number of benzene rings is 1. The summed E-state index contributed by atoms with van der Waals surface area (Å²) in [5.41, 5.74) is 3.75. The highest BCUT2D eigenvalue weighted by Gasteiger charge is 2.28. The van der Waals surface area contributed by atoms with Crippen LogP contribution in [0, 0.1) is 0 Å². The van der Waals surface area contributed by atoms with Crippen molar-refractivity contribution in [1.82, 2.24) is 24.6 Å². The van der Waals surface area contributed by atoms with Gasteiger partial charge in [-0.25, -0.2) is 14.8 Å². The van der Waals surface area contributed by atoms with E-state index in [0.717, 1.165) is 37.3 Å². The van der Waals surface area contributed by atoms with Gasteiger partial charge in [0.15, 0.2) is 5.69 Å². The molecule has 3 heterocycles. The molecule has 1 aliphatic heterocycles. The van der Waals surface area contributed by atoms with E-state index < -0.39 is 0 Å². The van der Waals surface area contributed by atoms with Gasteiger partial charge in [-0.15, -0.1) is 0 Å². The lowest BCUT2D eigenvalue weighted by Gasteiger charge is -2.27. The SMILES string of the molecule is CCOC(=O)c1nn(CC)c2c1CN(Cc1ccc(Oc3ncccn3)cc1)CC2. The fourth-order valence-corrected chi connectivity index (χ4v) is 3.67.